The van der Waals surface area contributed by atoms with Crippen LogP contribution in [0.4, 0.5) is 4.39 Å². The molecule has 140 valence electrons. The molecule has 4 rings (SSSR count). The van der Waals surface area contributed by atoms with Crippen LogP contribution in [0.5, 0.6) is 0 Å². The summed E-state index contributed by atoms with van der Waals surface area (Å²) in [5.74, 6) is 0.380. The van der Waals surface area contributed by atoms with Gasteiger partial charge in [-0.3, -0.25) is 9.59 Å². The third-order valence-electron chi connectivity index (χ3n) is 5.07. The molecule has 1 unspecified atom stereocenters. The Morgan fingerprint density at radius 3 is 3.00 bits per heavy atom. The summed E-state index contributed by atoms with van der Waals surface area (Å²) in [6.45, 7) is 1.02. The van der Waals surface area contributed by atoms with Crippen molar-refractivity contribution in [2.75, 3.05) is 6.54 Å². The monoisotopic (exact) mass is 368 g/mol. The lowest BCUT2D eigenvalue weighted by Gasteiger charge is -2.34. The first-order valence-electron chi connectivity index (χ1n) is 9.22. The molecule has 3 heterocycles. The van der Waals surface area contributed by atoms with Gasteiger partial charge in [-0.25, -0.2) is 9.37 Å². The highest BCUT2D eigenvalue weighted by Gasteiger charge is 2.30. The molecule has 0 saturated carbocycles. The van der Waals surface area contributed by atoms with Gasteiger partial charge in [0.05, 0.1) is 17.1 Å². The fourth-order valence-electron chi connectivity index (χ4n) is 3.68. The topological polar surface area (TPSA) is 71.0 Å². The molecule has 1 aliphatic heterocycles. The smallest absolute Gasteiger partial charge is 0.250 e. The van der Waals surface area contributed by atoms with E-state index in [1.807, 2.05) is 4.90 Å². The van der Waals surface area contributed by atoms with Crippen molar-refractivity contribution in [2.45, 2.75) is 38.3 Å². The molecule has 6 nitrogen and oxygen atoms in total. The standard InChI is InChI=1S/C20H21FN4O2/c21-14-7-8-15-16(13-14)23-20(22-15)17-5-1-4-11-25(17)19(27)9-12-24-10-3-2-6-18(24)26/h2-3,6-8,10,13,17H,1,4-5,9,11-12H2,(H,22,23). The van der Waals surface area contributed by atoms with Crippen molar-refractivity contribution in [2.24, 2.45) is 0 Å². The minimum Gasteiger partial charge on any atom is -0.340 e. The summed E-state index contributed by atoms with van der Waals surface area (Å²) in [4.78, 5) is 34.2. The molecule has 0 spiro atoms. The lowest BCUT2D eigenvalue weighted by molar-refractivity contribution is -0.135. The molecule has 0 bridgehead atoms. The van der Waals surface area contributed by atoms with Crippen LogP contribution in [0.3, 0.4) is 0 Å². The van der Waals surface area contributed by atoms with E-state index in [9.17, 15) is 14.0 Å². The van der Waals surface area contributed by atoms with Gasteiger partial charge >= 0.3 is 0 Å². The molecule has 0 radical (unpaired) electrons. The second-order valence-electron chi connectivity index (χ2n) is 6.86. The van der Waals surface area contributed by atoms with Crippen molar-refractivity contribution in [3.05, 3.63) is 64.6 Å². The van der Waals surface area contributed by atoms with Crippen LogP contribution in [-0.2, 0) is 11.3 Å². The zero-order valence-corrected chi connectivity index (χ0v) is 14.9. The minimum atomic E-state index is -0.317. The van der Waals surface area contributed by atoms with Gasteiger partial charge in [0.1, 0.15) is 11.6 Å². The zero-order chi connectivity index (χ0) is 18.8. The first kappa shape index (κ1) is 17.5. The number of H-pyrrole nitrogens is 1. The van der Waals surface area contributed by atoms with E-state index in [4.69, 9.17) is 0 Å². The molecular weight excluding hydrogens is 347 g/mol. The van der Waals surface area contributed by atoms with Crippen molar-refractivity contribution in [3.63, 3.8) is 0 Å². The predicted octanol–water partition coefficient (Wildman–Crippen LogP) is 3.01. The number of fused-ring (bicyclic) bond motifs is 1. The third kappa shape index (κ3) is 3.63. The van der Waals surface area contributed by atoms with Gasteiger partial charge in [0, 0.05) is 31.8 Å². The SMILES string of the molecule is O=C(CCn1ccccc1=O)N1CCCCC1c1nc2ccc(F)cc2[nH]1. The number of imidazole rings is 1. The fourth-order valence-corrected chi connectivity index (χ4v) is 3.68. The summed E-state index contributed by atoms with van der Waals surface area (Å²) >= 11 is 0. The Kier molecular flexibility index (Phi) is 4.75. The summed E-state index contributed by atoms with van der Waals surface area (Å²) in [5, 5.41) is 0. The van der Waals surface area contributed by atoms with Crippen LogP contribution in [0.15, 0.2) is 47.4 Å². The van der Waals surface area contributed by atoms with Gasteiger partial charge in [0.25, 0.3) is 5.56 Å². The quantitative estimate of drug-likeness (QED) is 0.770. The van der Waals surface area contributed by atoms with Crippen molar-refractivity contribution < 1.29 is 9.18 Å². The van der Waals surface area contributed by atoms with Gasteiger partial charge in [0.2, 0.25) is 5.91 Å². The molecule has 3 aromatic rings. The number of halogens is 1. The van der Waals surface area contributed by atoms with E-state index in [-0.39, 0.29) is 29.7 Å². The second kappa shape index (κ2) is 7.34. The number of hydrogen-bond acceptors (Lipinski definition) is 3. The van der Waals surface area contributed by atoms with Crippen molar-refractivity contribution >= 4 is 16.9 Å². The number of amides is 1. The number of nitrogens with one attached hydrogen (secondary N) is 1. The Bertz CT molecular complexity index is 1030. The average Bonchev–Trinajstić information content (AvgIpc) is 3.10. The summed E-state index contributed by atoms with van der Waals surface area (Å²) in [6, 6.07) is 9.25. The number of hydrogen-bond donors (Lipinski definition) is 1. The number of aromatic amines is 1. The third-order valence-corrected chi connectivity index (χ3v) is 5.07. The normalized spacial score (nSPS) is 17.4. The molecule has 1 saturated heterocycles. The Morgan fingerprint density at radius 2 is 2.15 bits per heavy atom. The van der Waals surface area contributed by atoms with Crippen molar-refractivity contribution in [1.82, 2.24) is 19.4 Å². The van der Waals surface area contributed by atoms with Crippen LogP contribution in [0.2, 0.25) is 0 Å². The number of carbonyl (C=O) groups excluding carboxylic acids is 1. The molecule has 1 amide bonds. The van der Waals surface area contributed by atoms with E-state index >= 15 is 0 Å². The highest BCUT2D eigenvalue weighted by molar-refractivity contribution is 5.78. The highest BCUT2D eigenvalue weighted by atomic mass is 19.1. The number of piperidine rings is 1. The van der Waals surface area contributed by atoms with Gasteiger partial charge < -0.3 is 14.5 Å². The number of aromatic nitrogens is 3. The predicted molar refractivity (Wildman–Crippen MR) is 99.7 cm³/mol. The average molecular weight is 368 g/mol. The molecule has 1 fully saturated rings. The van der Waals surface area contributed by atoms with Crippen LogP contribution in [0.1, 0.15) is 37.5 Å². The van der Waals surface area contributed by atoms with E-state index in [1.165, 1.54) is 18.2 Å². The lowest BCUT2D eigenvalue weighted by atomic mass is 10.0. The van der Waals surface area contributed by atoms with Gasteiger partial charge in [0.15, 0.2) is 0 Å². The molecule has 2 aromatic heterocycles. The number of nitrogens with zero attached hydrogens (tertiary/aromatic N) is 3. The zero-order valence-electron chi connectivity index (χ0n) is 14.9. The van der Waals surface area contributed by atoms with Crippen LogP contribution in [-0.4, -0.2) is 31.9 Å². The van der Waals surface area contributed by atoms with E-state index in [2.05, 4.69) is 9.97 Å². The van der Waals surface area contributed by atoms with E-state index in [0.717, 1.165) is 19.3 Å². The van der Waals surface area contributed by atoms with Crippen LogP contribution < -0.4 is 5.56 Å². The highest BCUT2D eigenvalue weighted by Crippen LogP contribution is 2.31. The number of carbonyl (C=O) groups is 1. The van der Waals surface area contributed by atoms with Gasteiger partial charge in [-0.2, -0.15) is 0 Å². The molecule has 1 N–H and O–H groups in total. The van der Waals surface area contributed by atoms with Crippen LogP contribution in [0, 0.1) is 5.82 Å². The van der Waals surface area contributed by atoms with Crippen molar-refractivity contribution in [1.29, 1.82) is 0 Å². The van der Waals surface area contributed by atoms with E-state index in [0.29, 0.717) is 29.9 Å². The molecule has 1 aliphatic rings. The molecule has 0 aliphatic carbocycles. The molecule has 27 heavy (non-hydrogen) atoms. The number of benzene rings is 1. The number of pyridine rings is 1. The second-order valence-corrected chi connectivity index (χ2v) is 6.86. The van der Waals surface area contributed by atoms with Crippen LogP contribution >= 0.6 is 0 Å². The molecule has 1 aromatic carbocycles. The molecule has 1 atom stereocenters. The summed E-state index contributed by atoms with van der Waals surface area (Å²) < 4.78 is 15.0. The maximum atomic E-state index is 13.4. The Balaban J connectivity index is 1.53. The first-order valence-corrected chi connectivity index (χ1v) is 9.22. The Morgan fingerprint density at radius 1 is 1.26 bits per heavy atom. The Labute approximate surface area is 155 Å². The summed E-state index contributed by atoms with van der Waals surface area (Å²) in [5.41, 5.74) is 1.22. The minimum absolute atomic E-state index is 0.00193. The lowest BCUT2D eigenvalue weighted by Crippen LogP contribution is -2.39. The Hall–Kier alpha value is -2.96. The number of rotatable bonds is 4. The fraction of sp³-hybridized carbons (Fsp3) is 0.350. The number of aryl methyl sites for hydroxylation is 1. The molecular formula is C20H21FN4O2. The van der Waals surface area contributed by atoms with E-state index in [1.54, 1.807) is 29.0 Å². The van der Waals surface area contributed by atoms with Crippen molar-refractivity contribution in [3.8, 4) is 0 Å². The summed E-state index contributed by atoms with van der Waals surface area (Å²) in [6.07, 6.45) is 4.73. The maximum Gasteiger partial charge on any atom is 0.250 e. The van der Waals surface area contributed by atoms with Gasteiger partial charge in [-0.05, 0) is 43.5 Å². The number of likely N-dealkylation sites (tertiary alicyclic amines) is 1. The van der Waals surface area contributed by atoms with Crippen LogP contribution in [0.25, 0.3) is 11.0 Å². The largest absolute Gasteiger partial charge is 0.340 e. The van der Waals surface area contributed by atoms with E-state index < -0.39 is 0 Å². The van der Waals surface area contributed by atoms with Gasteiger partial charge in [-0.1, -0.05) is 6.07 Å². The maximum absolute atomic E-state index is 13.4. The first-order chi connectivity index (χ1) is 13.1. The molecule has 7 heteroatoms. The summed E-state index contributed by atoms with van der Waals surface area (Å²) in [7, 11) is 0. The van der Waals surface area contributed by atoms with Gasteiger partial charge in [-0.15, -0.1) is 0 Å².